The summed E-state index contributed by atoms with van der Waals surface area (Å²) < 4.78 is 0. The molecular weight excluding hydrogens is 282 g/mol. The van der Waals surface area contributed by atoms with Crippen LogP contribution < -0.4 is 11.1 Å². The molecule has 1 heterocycles. The number of halogens is 1. The van der Waals surface area contributed by atoms with E-state index in [-0.39, 0.29) is 5.91 Å². The van der Waals surface area contributed by atoms with Crippen LogP contribution >= 0.6 is 23.4 Å². The molecule has 0 saturated carbocycles. The largest absolute Gasteiger partial charge is 0.368 e. The Labute approximate surface area is 123 Å². The molecule has 0 aromatic carbocycles. The van der Waals surface area contributed by atoms with E-state index in [0.29, 0.717) is 11.4 Å². The fraction of sp³-hybridized carbons (Fsp3) is 0.538. The molecule has 0 fully saturated rings. The first kappa shape index (κ1) is 16.3. The van der Waals surface area contributed by atoms with Crippen molar-refractivity contribution in [3.63, 3.8) is 0 Å². The lowest BCUT2D eigenvalue weighted by Gasteiger charge is -2.27. The minimum Gasteiger partial charge on any atom is -0.368 e. The second-order valence-corrected chi connectivity index (χ2v) is 6.00. The van der Waals surface area contributed by atoms with Crippen LogP contribution in [0, 0.1) is 0 Å². The number of nitrogens with zero attached hydrogens (tertiary/aromatic N) is 1. The molecule has 4 nitrogen and oxygen atoms in total. The van der Waals surface area contributed by atoms with Crippen molar-refractivity contribution in [3.8, 4) is 0 Å². The van der Waals surface area contributed by atoms with Crippen molar-refractivity contribution in [2.75, 3.05) is 12.3 Å². The Hall–Kier alpha value is -0.780. The van der Waals surface area contributed by atoms with Crippen LogP contribution in [-0.2, 0) is 4.79 Å². The number of primary amides is 1. The molecule has 0 bridgehead atoms. The molecule has 3 N–H and O–H groups in total. The Morgan fingerprint density at radius 1 is 1.63 bits per heavy atom. The van der Waals surface area contributed by atoms with E-state index in [9.17, 15) is 4.79 Å². The maximum absolute atomic E-state index is 11.5. The summed E-state index contributed by atoms with van der Waals surface area (Å²) in [5.41, 5.74) is 4.79. The summed E-state index contributed by atoms with van der Waals surface area (Å²) in [5.74, 6) is 0.404. The Bertz CT molecular complexity index is 430. The van der Waals surface area contributed by atoms with Crippen molar-refractivity contribution >= 4 is 29.3 Å². The molecule has 6 heteroatoms. The molecule has 19 heavy (non-hydrogen) atoms. The number of nitrogens with one attached hydrogen (secondary N) is 1. The summed E-state index contributed by atoms with van der Waals surface area (Å²) in [6, 6.07) is 3.60. The topological polar surface area (TPSA) is 68.0 Å². The molecular formula is C13H20ClN3OS. The van der Waals surface area contributed by atoms with Crippen molar-refractivity contribution in [1.82, 2.24) is 10.3 Å². The molecule has 0 aliphatic carbocycles. The Morgan fingerprint density at radius 2 is 2.37 bits per heavy atom. The third-order valence-electron chi connectivity index (χ3n) is 2.87. The summed E-state index contributed by atoms with van der Waals surface area (Å²) in [5, 5.41) is 4.62. The minimum atomic E-state index is -0.676. The van der Waals surface area contributed by atoms with E-state index < -0.39 is 5.54 Å². The maximum atomic E-state index is 11.5. The fourth-order valence-corrected chi connectivity index (χ4v) is 2.86. The molecule has 0 spiro atoms. The summed E-state index contributed by atoms with van der Waals surface area (Å²) in [4.78, 5) is 15.7. The van der Waals surface area contributed by atoms with Crippen LogP contribution in [0.1, 0.15) is 26.7 Å². The van der Waals surface area contributed by atoms with Gasteiger partial charge < -0.3 is 11.1 Å². The average Bonchev–Trinajstić information content (AvgIpc) is 2.38. The number of hydrogen-bond donors (Lipinski definition) is 2. The van der Waals surface area contributed by atoms with E-state index >= 15 is 0 Å². The third-order valence-corrected chi connectivity index (χ3v) is 4.30. The van der Waals surface area contributed by atoms with E-state index in [2.05, 4.69) is 17.2 Å². The van der Waals surface area contributed by atoms with Gasteiger partial charge in [-0.15, -0.1) is 11.8 Å². The molecule has 1 unspecified atom stereocenters. The second kappa shape index (κ2) is 7.72. The van der Waals surface area contributed by atoms with Gasteiger partial charge in [0, 0.05) is 11.9 Å². The van der Waals surface area contributed by atoms with E-state index in [0.717, 1.165) is 23.7 Å². The van der Waals surface area contributed by atoms with E-state index in [1.165, 1.54) is 11.8 Å². The molecule has 1 aromatic rings. The quantitative estimate of drug-likeness (QED) is 0.724. The summed E-state index contributed by atoms with van der Waals surface area (Å²) >= 11 is 7.56. The van der Waals surface area contributed by atoms with Gasteiger partial charge in [0.2, 0.25) is 5.91 Å². The molecule has 0 aliphatic rings. The van der Waals surface area contributed by atoms with Gasteiger partial charge in [-0.1, -0.05) is 18.5 Å². The lowest BCUT2D eigenvalue weighted by Crippen LogP contribution is -2.53. The second-order valence-electron chi connectivity index (χ2n) is 4.51. The van der Waals surface area contributed by atoms with Crippen molar-refractivity contribution in [3.05, 3.63) is 23.4 Å². The normalized spacial score (nSPS) is 14.1. The highest BCUT2D eigenvalue weighted by Gasteiger charge is 2.29. The first-order valence-corrected chi connectivity index (χ1v) is 7.64. The number of amides is 1. The molecule has 1 rings (SSSR count). The van der Waals surface area contributed by atoms with Crippen LogP contribution in [0.5, 0.6) is 0 Å². The lowest BCUT2D eigenvalue weighted by molar-refractivity contribution is -0.123. The van der Waals surface area contributed by atoms with Crippen molar-refractivity contribution in [1.29, 1.82) is 0 Å². The average molecular weight is 302 g/mol. The smallest absolute Gasteiger partial charge is 0.237 e. The molecule has 1 aromatic heterocycles. The number of rotatable bonds is 8. The predicted octanol–water partition coefficient (Wildman–Crippen LogP) is 2.46. The molecule has 0 saturated heterocycles. The van der Waals surface area contributed by atoms with Crippen molar-refractivity contribution in [2.24, 2.45) is 5.73 Å². The number of nitrogens with two attached hydrogens (primary N) is 1. The predicted molar refractivity (Wildman–Crippen MR) is 80.5 cm³/mol. The van der Waals surface area contributed by atoms with Gasteiger partial charge in [0.1, 0.15) is 5.03 Å². The zero-order chi connectivity index (χ0) is 14.3. The van der Waals surface area contributed by atoms with E-state index in [4.69, 9.17) is 17.3 Å². The molecule has 0 radical (unpaired) electrons. The van der Waals surface area contributed by atoms with Crippen LogP contribution in [0.2, 0.25) is 5.02 Å². The molecule has 1 atom stereocenters. The lowest BCUT2D eigenvalue weighted by atomic mass is 9.98. The van der Waals surface area contributed by atoms with Gasteiger partial charge in [-0.25, -0.2) is 4.98 Å². The van der Waals surface area contributed by atoms with Gasteiger partial charge in [-0.3, -0.25) is 4.79 Å². The molecule has 106 valence electrons. The number of aromatic nitrogens is 1. The molecule has 1 amide bonds. The highest BCUT2D eigenvalue weighted by atomic mass is 35.5. The number of hydrogen-bond acceptors (Lipinski definition) is 4. The maximum Gasteiger partial charge on any atom is 0.237 e. The summed E-state index contributed by atoms with van der Waals surface area (Å²) in [7, 11) is 0. The Morgan fingerprint density at radius 3 is 2.95 bits per heavy atom. The minimum absolute atomic E-state index is 0.325. The van der Waals surface area contributed by atoms with Gasteiger partial charge in [0.05, 0.1) is 10.6 Å². The SMILES string of the molecule is CCCNC(C)(CCSc1ncccc1Cl)C(N)=O. The standard InChI is InChI=1S/C13H20ClN3OS/c1-3-7-17-13(2,12(15)18)6-9-19-11-10(14)5-4-8-16-11/h4-5,8,17H,3,6-7,9H2,1-2H3,(H2,15,18). The van der Waals surface area contributed by atoms with Crippen molar-refractivity contribution < 1.29 is 4.79 Å². The summed E-state index contributed by atoms with van der Waals surface area (Å²) in [6.07, 6.45) is 3.30. The zero-order valence-electron chi connectivity index (χ0n) is 11.3. The first-order chi connectivity index (χ1) is 8.99. The van der Waals surface area contributed by atoms with Gasteiger partial charge in [-0.2, -0.15) is 0 Å². The highest BCUT2D eigenvalue weighted by Crippen LogP contribution is 2.26. The van der Waals surface area contributed by atoms with Gasteiger partial charge in [0.15, 0.2) is 0 Å². The van der Waals surface area contributed by atoms with Crippen LogP contribution in [0.4, 0.5) is 0 Å². The summed E-state index contributed by atoms with van der Waals surface area (Å²) in [6.45, 7) is 4.66. The Balaban J connectivity index is 2.53. The third kappa shape index (κ3) is 5.01. The molecule has 0 aliphatic heterocycles. The van der Waals surface area contributed by atoms with Crippen molar-refractivity contribution in [2.45, 2.75) is 37.3 Å². The van der Waals surface area contributed by atoms with Gasteiger partial charge in [0.25, 0.3) is 0 Å². The number of thioether (sulfide) groups is 1. The number of carbonyl (C=O) groups is 1. The zero-order valence-corrected chi connectivity index (χ0v) is 12.9. The van der Waals surface area contributed by atoms with Crippen LogP contribution in [0.3, 0.4) is 0 Å². The Kier molecular flexibility index (Phi) is 6.62. The van der Waals surface area contributed by atoms with Crippen LogP contribution in [0.15, 0.2) is 23.4 Å². The monoisotopic (exact) mass is 301 g/mol. The van der Waals surface area contributed by atoms with Gasteiger partial charge >= 0.3 is 0 Å². The van der Waals surface area contributed by atoms with Crippen LogP contribution in [-0.4, -0.2) is 28.7 Å². The number of pyridine rings is 1. The number of carbonyl (C=O) groups excluding carboxylic acids is 1. The first-order valence-electron chi connectivity index (χ1n) is 6.28. The fourth-order valence-electron chi connectivity index (χ4n) is 1.53. The highest BCUT2D eigenvalue weighted by molar-refractivity contribution is 7.99. The van der Waals surface area contributed by atoms with E-state index in [1.54, 1.807) is 18.3 Å². The van der Waals surface area contributed by atoms with Gasteiger partial charge in [-0.05, 0) is 38.4 Å². The van der Waals surface area contributed by atoms with E-state index in [1.807, 2.05) is 6.92 Å². The van der Waals surface area contributed by atoms with Crippen LogP contribution in [0.25, 0.3) is 0 Å².